The van der Waals surface area contributed by atoms with Crippen LogP contribution in [0.15, 0.2) is 18.2 Å². The molecule has 0 atom stereocenters. The van der Waals surface area contributed by atoms with Crippen LogP contribution in [-0.2, 0) is 5.41 Å². The fourth-order valence-corrected chi connectivity index (χ4v) is 2.01. The lowest BCUT2D eigenvalue weighted by molar-refractivity contribution is 0.250. The lowest BCUT2D eigenvalue weighted by Crippen LogP contribution is -2.19. The number of ether oxygens (including phenoxy) is 2. The maximum Gasteiger partial charge on any atom is 0.161 e. The summed E-state index contributed by atoms with van der Waals surface area (Å²) in [6, 6.07) is 6.10. The van der Waals surface area contributed by atoms with Crippen LogP contribution in [0.4, 0.5) is 0 Å². The minimum atomic E-state index is -0.0671. The average molecular weight is 280 g/mol. The largest absolute Gasteiger partial charge is 0.490 e. The van der Waals surface area contributed by atoms with Gasteiger partial charge in [0.25, 0.3) is 0 Å². The molecule has 0 fully saturated rings. The zero-order valence-electron chi connectivity index (χ0n) is 13.2. The summed E-state index contributed by atoms with van der Waals surface area (Å²) in [5.74, 6) is 1.62. The van der Waals surface area contributed by atoms with Crippen LogP contribution >= 0.6 is 0 Å². The van der Waals surface area contributed by atoms with Crippen molar-refractivity contribution in [3.8, 4) is 11.5 Å². The highest BCUT2D eigenvalue weighted by molar-refractivity contribution is 5.45. The van der Waals surface area contributed by atoms with Crippen LogP contribution in [0.2, 0.25) is 0 Å². The third kappa shape index (κ3) is 4.71. The Balaban J connectivity index is 2.99. The lowest BCUT2D eigenvalue weighted by Gasteiger charge is -2.25. The van der Waals surface area contributed by atoms with Gasteiger partial charge in [0.05, 0.1) is 13.2 Å². The first kappa shape index (κ1) is 16.8. The highest BCUT2D eigenvalue weighted by Gasteiger charge is 2.21. The molecule has 0 aliphatic carbocycles. The summed E-state index contributed by atoms with van der Waals surface area (Å²) < 4.78 is 11.5. The number of rotatable bonds is 9. The summed E-state index contributed by atoms with van der Waals surface area (Å²) >= 11 is 0. The lowest BCUT2D eigenvalue weighted by atomic mass is 9.82. The van der Waals surface area contributed by atoms with Gasteiger partial charge in [-0.2, -0.15) is 0 Å². The van der Waals surface area contributed by atoms with Crippen molar-refractivity contribution in [1.29, 1.82) is 0 Å². The molecule has 0 saturated carbocycles. The Morgan fingerprint density at radius 2 is 1.60 bits per heavy atom. The summed E-state index contributed by atoms with van der Waals surface area (Å²) in [7, 11) is 0. The van der Waals surface area contributed by atoms with Crippen LogP contribution < -0.4 is 9.47 Å². The topological polar surface area (TPSA) is 38.7 Å². The van der Waals surface area contributed by atoms with Gasteiger partial charge < -0.3 is 14.6 Å². The van der Waals surface area contributed by atoms with Crippen LogP contribution in [0.3, 0.4) is 0 Å². The Labute approximate surface area is 122 Å². The Hall–Kier alpha value is -1.22. The Morgan fingerprint density at radius 3 is 2.15 bits per heavy atom. The van der Waals surface area contributed by atoms with Crippen molar-refractivity contribution >= 4 is 0 Å². The quantitative estimate of drug-likeness (QED) is 0.745. The zero-order valence-corrected chi connectivity index (χ0v) is 13.2. The first-order valence-corrected chi connectivity index (χ1v) is 7.56. The zero-order chi connectivity index (χ0) is 15.0. The van der Waals surface area contributed by atoms with Crippen LogP contribution in [0.1, 0.15) is 52.5 Å². The van der Waals surface area contributed by atoms with E-state index in [0.717, 1.165) is 30.8 Å². The van der Waals surface area contributed by atoms with Gasteiger partial charge in [0.15, 0.2) is 11.5 Å². The van der Waals surface area contributed by atoms with Gasteiger partial charge in [-0.15, -0.1) is 0 Å². The molecular weight excluding hydrogens is 252 g/mol. The number of aliphatic hydroxyl groups is 1. The third-order valence-corrected chi connectivity index (χ3v) is 3.39. The van der Waals surface area contributed by atoms with Crippen molar-refractivity contribution in [3.63, 3.8) is 0 Å². The van der Waals surface area contributed by atoms with E-state index in [-0.39, 0.29) is 12.0 Å². The van der Waals surface area contributed by atoms with E-state index >= 15 is 0 Å². The molecule has 1 aromatic rings. The molecule has 0 bridgehead atoms. The van der Waals surface area contributed by atoms with Crippen molar-refractivity contribution < 1.29 is 14.6 Å². The maximum atomic E-state index is 9.19. The molecule has 20 heavy (non-hydrogen) atoms. The molecule has 0 saturated heterocycles. The normalized spacial score (nSPS) is 11.4. The fraction of sp³-hybridized carbons (Fsp3) is 0.647. The smallest absolute Gasteiger partial charge is 0.161 e. The van der Waals surface area contributed by atoms with Crippen molar-refractivity contribution in [2.75, 3.05) is 19.8 Å². The molecule has 0 amide bonds. The molecule has 0 radical (unpaired) electrons. The first-order valence-electron chi connectivity index (χ1n) is 7.56. The molecule has 0 unspecified atom stereocenters. The van der Waals surface area contributed by atoms with Crippen molar-refractivity contribution in [2.45, 2.75) is 52.4 Å². The van der Waals surface area contributed by atoms with Gasteiger partial charge in [-0.25, -0.2) is 0 Å². The molecule has 1 aromatic carbocycles. The Bertz CT molecular complexity index is 399. The summed E-state index contributed by atoms with van der Waals surface area (Å²) in [6.45, 7) is 10.0. The van der Waals surface area contributed by atoms with Crippen LogP contribution in [0.25, 0.3) is 0 Å². The molecule has 1 N–H and O–H groups in total. The summed E-state index contributed by atoms with van der Waals surface area (Å²) in [6.07, 6.45) is 2.68. The SMILES string of the molecule is CCCOc1ccc(C(C)(C)CCO)cc1OCCC. The Morgan fingerprint density at radius 1 is 1.00 bits per heavy atom. The van der Waals surface area contributed by atoms with Gasteiger partial charge in [-0.05, 0) is 42.4 Å². The molecule has 0 aliphatic rings. The summed E-state index contributed by atoms with van der Waals surface area (Å²) in [4.78, 5) is 0. The van der Waals surface area contributed by atoms with Crippen molar-refractivity contribution in [3.05, 3.63) is 23.8 Å². The van der Waals surface area contributed by atoms with E-state index in [1.54, 1.807) is 0 Å². The molecule has 0 aromatic heterocycles. The maximum absolute atomic E-state index is 9.19. The molecule has 0 spiro atoms. The van der Waals surface area contributed by atoms with Crippen LogP contribution in [0.5, 0.6) is 11.5 Å². The predicted molar refractivity (Wildman–Crippen MR) is 82.7 cm³/mol. The van der Waals surface area contributed by atoms with Gasteiger partial charge in [-0.1, -0.05) is 33.8 Å². The molecule has 114 valence electrons. The molecular formula is C17H28O3. The molecule has 1 rings (SSSR count). The summed E-state index contributed by atoms with van der Waals surface area (Å²) in [5, 5.41) is 9.19. The van der Waals surface area contributed by atoms with E-state index in [9.17, 15) is 5.11 Å². The second kappa shape index (κ2) is 8.15. The van der Waals surface area contributed by atoms with E-state index in [1.165, 1.54) is 5.56 Å². The Kier molecular flexibility index (Phi) is 6.86. The predicted octanol–water partition coefficient (Wildman–Crippen LogP) is 3.92. The van der Waals surface area contributed by atoms with Gasteiger partial charge in [0, 0.05) is 6.61 Å². The monoisotopic (exact) mass is 280 g/mol. The van der Waals surface area contributed by atoms with E-state index in [1.807, 2.05) is 6.07 Å². The minimum Gasteiger partial charge on any atom is -0.490 e. The standard InChI is InChI=1S/C17H28O3/c1-5-11-19-15-8-7-14(17(3,4)9-10-18)13-16(15)20-12-6-2/h7-8,13,18H,5-6,9-12H2,1-4H3. The van der Waals surface area contributed by atoms with Gasteiger partial charge in [0.1, 0.15) is 0 Å². The highest BCUT2D eigenvalue weighted by atomic mass is 16.5. The highest BCUT2D eigenvalue weighted by Crippen LogP contribution is 2.35. The van der Waals surface area contributed by atoms with Crippen molar-refractivity contribution in [1.82, 2.24) is 0 Å². The van der Waals surface area contributed by atoms with Crippen molar-refractivity contribution in [2.24, 2.45) is 0 Å². The number of aliphatic hydroxyl groups excluding tert-OH is 1. The molecule has 3 heteroatoms. The minimum absolute atomic E-state index is 0.0671. The van der Waals surface area contributed by atoms with Gasteiger partial charge in [0.2, 0.25) is 0 Å². The number of hydrogen-bond acceptors (Lipinski definition) is 3. The average Bonchev–Trinajstić information content (AvgIpc) is 2.43. The summed E-state index contributed by atoms with van der Waals surface area (Å²) in [5.41, 5.74) is 1.10. The fourth-order valence-electron chi connectivity index (χ4n) is 2.01. The van der Waals surface area contributed by atoms with E-state index < -0.39 is 0 Å². The van der Waals surface area contributed by atoms with Crippen LogP contribution in [0, 0.1) is 0 Å². The third-order valence-electron chi connectivity index (χ3n) is 3.39. The van der Waals surface area contributed by atoms with E-state index in [0.29, 0.717) is 13.2 Å². The second-order valence-corrected chi connectivity index (χ2v) is 5.72. The molecule has 3 nitrogen and oxygen atoms in total. The van der Waals surface area contributed by atoms with Crippen LogP contribution in [-0.4, -0.2) is 24.9 Å². The second-order valence-electron chi connectivity index (χ2n) is 5.72. The van der Waals surface area contributed by atoms with Gasteiger partial charge in [-0.3, -0.25) is 0 Å². The first-order chi connectivity index (χ1) is 9.55. The van der Waals surface area contributed by atoms with Gasteiger partial charge >= 0.3 is 0 Å². The number of hydrogen-bond donors (Lipinski definition) is 1. The molecule has 0 aliphatic heterocycles. The molecule has 0 heterocycles. The number of benzene rings is 1. The van der Waals surface area contributed by atoms with E-state index in [4.69, 9.17) is 9.47 Å². The van der Waals surface area contributed by atoms with E-state index in [2.05, 4.69) is 39.8 Å².